The van der Waals surface area contributed by atoms with Crippen LogP contribution in [0.25, 0.3) is 6.08 Å². The Hall–Kier alpha value is -3.25. The smallest absolute Gasteiger partial charge is 0.290 e. The first-order valence-electron chi connectivity index (χ1n) is 8.79. The molecule has 0 aliphatic carbocycles. The van der Waals surface area contributed by atoms with Gasteiger partial charge in [0.1, 0.15) is 5.82 Å². The Bertz CT molecular complexity index is 937. The van der Waals surface area contributed by atoms with Gasteiger partial charge in [-0.15, -0.1) is 0 Å². The molecule has 0 aromatic heterocycles. The summed E-state index contributed by atoms with van der Waals surface area (Å²) in [5.74, 6) is -2.49. The Morgan fingerprint density at radius 1 is 1.18 bits per heavy atom. The van der Waals surface area contributed by atoms with Crippen molar-refractivity contribution >= 4 is 17.8 Å². The quantitative estimate of drug-likeness (QED) is 0.746. The normalized spacial score (nSPS) is 17.0. The third-order valence-electron chi connectivity index (χ3n) is 4.53. The van der Waals surface area contributed by atoms with Gasteiger partial charge in [-0.2, -0.15) is 0 Å². The van der Waals surface area contributed by atoms with E-state index in [4.69, 9.17) is 4.74 Å². The number of rotatable bonds is 7. The third kappa shape index (κ3) is 3.87. The Balaban J connectivity index is 2.00. The molecule has 1 heterocycles. The van der Waals surface area contributed by atoms with E-state index < -0.39 is 29.3 Å². The van der Waals surface area contributed by atoms with Crippen LogP contribution in [-0.4, -0.2) is 42.0 Å². The van der Waals surface area contributed by atoms with E-state index in [1.165, 1.54) is 36.3 Å². The van der Waals surface area contributed by atoms with Crippen LogP contribution in [0, 0.1) is 5.82 Å². The number of halogens is 1. The second-order valence-corrected chi connectivity index (χ2v) is 6.29. The van der Waals surface area contributed by atoms with Crippen molar-refractivity contribution in [2.24, 2.45) is 0 Å². The van der Waals surface area contributed by atoms with Crippen LogP contribution in [0.5, 0.6) is 0 Å². The van der Waals surface area contributed by atoms with Gasteiger partial charge in [-0.05, 0) is 17.7 Å². The van der Waals surface area contributed by atoms with Gasteiger partial charge in [-0.3, -0.25) is 9.59 Å². The molecule has 6 heteroatoms. The second-order valence-electron chi connectivity index (χ2n) is 6.29. The average molecular weight is 381 g/mol. The number of aliphatic hydroxyl groups is 1. The molecule has 5 nitrogen and oxygen atoms in total. The van der Waals surface area contributed by atoms with Crippen LogP contribution < -0.4 is 0 Å². The van der Waals surface area contributed by atoms with E-state index in [1.54, 1.807) is 12.1 Å². The predicted molar refractivity (Wildman–Crippen MR) is 103 cm³/mol. The maximum absolute atomic E-state index is 14.5. The molecule has 2 aromatic carbocycles. The molecule has 0 saturated carbocycles. The van der Waals surface area contributed by atoms with Crippen molar-refractivity contribution < 1.29 is 23.8 Å². The standard InChI is InChI=1S/C22H20FNO4/c1-28-14-13-24-20(16-9-5-6-10-17(16)23)19(21(26)22(24)27)18(25)12-11-15-7-3-2-4-8-15/h2-12,20,26H,13-14H2,1H3. The molecule has 1 amide bonds. The minimum absolute atomic E-state index is 0.109. The van der Waals surface area contributed by atoms with E-state index in [2.05, 4.69) is 0 Å². The van der Waals surface area contributed by atoms with Crippen molar-refractivity contribution in [3.8, 4) is 0 Å². The summed E-state index contributed by atoms with van der Waals surface area (Å²) in [4.78, 5) is 26.7. The molecule has 1 N–H and O–H groups in total. The largest absolute Gasteiger partial charge is 0.503 e. The monoisotopic (exact) mass is 381 g/mol. The summed E-state index contributed by atoms with van der Waals surface area (Å²) in [5.41, 5.74) is 0.796. The Labute approximate surface area is 162 Å². The van der Waals surface area contributed by atoms with Crippen LogP contribution in [0.1, 0.15) is 17.2 Å². The van der Waals surface area contributed by atoms with Crippen LogP contribution >= 0.6 is 0 Å². The van der Waals surface area contributed by atoms with Gasteiger partial charge in [0.2, 0.25) is 0 Å². The summed E-state index contributed by atoms with van der Waals surface area (Å²) in [6.07, 6.45) is 2.87. The fourth-order valence-corrected chi connectivity index (χ4v) is 3.17. The molecule has 144 valence electrons. The highest BCUT2D eigenvalue weighted by Gasteiger charge is 2.43. The molecular weight excluding hydrogens is 361 g/mol. The van der Waals surface area contributed by atoms with Gasteiger partial charge in [0.15, 0.2) is 11.5 Å². The molecule has 0 bridgehead atoms. The van der Waals surface area contributed by atoms with E-state index >= 15 is 0 Å². The average Bonchev–Trinajstić information content (AvgIpc) is 2.96. The number of benzene rings is 2. The molecule has 0 fully saturated rings. The topological polar surface area (TPSA) is 66.8 Å². The summed E-state index contributed by atoms with van der Waals surface area (Å²) in [6.45, 7) is 0.295. The zero-order valence-electron chi connectivity index (χ0n) is 15.3. The molecule has 0 radical (unpaired) electrons. The van der Waals surface area contributed by atoms with Gasteiger partial charge in [0, 0.05) is 19.2 Å². The van der Waals surface area contributed by atoms with Crippen LogP contribution in [0.2, 0.25) is 0 Å². The van der Waals surface area contributed by atoms with E-state index in [9.17, 15) is 19.1 Å². The molecule has 1 unspecified atom stereocenters. The number of carbonyl (C=O) groups is 2. The number of hydrogen-bond acceptors (Lipinski definition) is 4. The first-order valence-corrected chi connectivity index (χ1v) is 8.79. The van der Waals surface area contributed by atoms with Crippen molar-refractivity contribution in [3.63, 3.8) is 0 Å². The number of amides is 1. The van der Waals surface area contributed by atoms with Crippen molar-refractivity contribution in [1.82, 2.24) is 4.90 Å². The van der Waals surface area contributed by atoms with Gasteiger partial charge in [0.25, 0.3) is 5.91 Å². The lowest BCUT2D eigenvalue weighted by Crippen LogP contribution is -2.34. The Morgan fingerprint density at radius 2 is 1.86 bits per heavy atom. The zero-order chi connectivity index (χ0) is 20.1. The minimum Gasteiger partial charge on any atom is -0.503 e. The van der Waals surface area contributed by atoms with Crippen LogP contribution in [0.15, 0.2) is 72.0 Å². The Kier molecular flexibility index (Phi) is 6.01. The highest BCUT2D eigenvalue weighted by atomic mass is 19.1. The Morgan fingerprint density at radius 3 is 2.54 bits per heavy atom. The van der Waals surface area contributed by atoms with Crippen molar-refractivity contribution in [3.05, 3.63) is 88.9 Å². The summed E-state index contributed by atoms with van der Waals surface area (Å²) in [5, 5.41) is 10.4. The molecule has 1 aliphatic heterocycles. The van der Waals surface area contributed by atoms with Crippen LogP contribution in [0.3, 0.4) is 0 Å². The number of aliphatic hydroxyl groups excluding tert-OH is 1. The molecule has 0 saturated heterocycles. The van der Waals surface area contributed by atoms with E-state index in [-0.39, 0.29) is 24.3 Å². The third-order valence-corrected chi connectivity index (χ3v) is 4.53. The molecule has 3 rings (SSSR count). The predicted octanol–water partition coefficient (Wildman–Crippen LogP) is 3.45. The summed E-state index contributed by atoms with van der Waals surface area (Å²) in [6, 6.07) is 14.0. The van der Waals surface area contributed by atoms with Gasteiger partial charge in [-0.25, -0.2) is 4.39 Å². The summed E-state index contributed by atoms with van der Waals surface area (Å²) < 4.78 is 19.5. The zero-order valence-corrected chi connectivity index (χ0v) is 15.3. The van der Waals surface area contributed by atoms with Crippen LogP contribution in [-0.2, 0) is 14.3 Å². The maximum atomic E-state index is 14.5. The van der Waals surface area contributed by atoms with Crippen molar-refractivity contribution in [2.45, 2.75) is 6.04 Å². The van der Waals surface area contributed by atoms with E-state index in [0.717, 1.165) is 5.56 Å². The first-order chi connectivity index (χ1) is 13.5. The summed E-state index contributed by atoms with van der Waals surface area (Å²) >= 11 is 0. The lowest BCUT2D eigenvalue weighted by atomic mass is 9.95. The number of nitrogens with zero attached hydrogens (tertiary/aromatic N) is 1. The van der Waals surface area contributed by atoms with E-state index in [0.29, 0.717) is 0 Å². The molecule has 1 aliphatic rings. The number of methoxy groups -OCH3 is 1. The first kappa shape index (κ1) is 19.5. The fraction of sp³-hybridized carbons (Fsp3) is 0.182. The molecule has 28 heavy (non-hydrogen) atoms. The molecule has 1 atom stereocenters. The number of carbonyl (C=O) groups excluding carboxylic acids is 2. The van der Waals surface area contributed by atoms with Crippen molar-refractivity contribution in [1.29, 1.82) is 0 Å². The lowest BCUT2D eigenvalue weighted by molar-refractivity contribution is -0.130. The highest BCUT2D eigenvalue weighted by Crippen LogP contribution is 2.38. The van der Waals surface area contributed by atoms with Crippen molar-refractivity contribution in [2.75, 3.05) is 20.3 Å². The van der Waals surface area contributed by atoms with Gasteiger partial charge in [-0.1, -0.05) is 54.6 Å². The number of allylic oxidation sites excluding steroid dienone is 1. The van der Waals surface area contributed by atoms with Crippen LogP contribution in [0.4, 0.5) is 4.39 Å². The maximum Gasteiger partial charge on any atom is 0.290 e. The molecule has 2 aromatic rings. The summed E-state index contributed by atoms with van der Waals surface area (Å²) in [7, 11) is 1.47. The number of ketones is 1. The molecular formula is C22H20FNO4. The molecule has 0 spiro atoms. The fourth-order valence-electron chi connectivity index (χ4n) is 3.17. The number of hydrogen-bond donors (Lipinski definition) is 1. The second kappa shape index (κ2) is 8.63. The van der Waals surface area contributed by atoms with Gasteiger partial charge < -0.3 is 14.7 Å². The highest BCUT2D eigenvalue weighted by molar-refractivity contribution is 6.14. The minimum atomic E-state index is -1.02. The lowest BCUT2D eigenvalue weighted by Gasteiger charge is -2.26. The SMILES string of the molecule is COCCN1C(=O)C(O)=C(C(=O)C=Cc2ccccc2)C1c1ccccc1F. The van der Waals surface area contributed by atoms with Gasteiger partial charge in [0.05, 0.1) is 18.2 Å². The van der Waals surface area contributed by atoms with E-state index in [1.807, 2.05) is 30.3 Å². The van der Waals surface area contributed by atoms with Gasteiger partial charge >= 0.3 is 0 Å². The number of ether oxygens (including phenoxy) is 1.